The predicted octanol–water partition coefficient (Wildman–Crippen LogP) is 2.68. The van der Waals surface area contributed by atoms with Crippen molar-refractivity contribution in [1.29, 1.82) is 0 Å². The number of benzene rings is 2. The summed E-state index contributed by atoms with van der Waals surface area (Å²) in [4.78, 5) is 24.1. The second-order valence-electron chi connectivity index (χ2n) is 5.90. The highest BCUT2D eigenvalue weighted by atomic mass is 16.5. The maximum absolute atomic E-state index is 12.1. The number of aryl methyl sites for hydroxylation is 1. The molecule has 0 saturated carbocycles. The molecule has 0 bridgehead atoms. The van der Waals surface area contributed by atoms with Gasteiger partial charge in [-0.15, -0.1) is 0 Å². The molecule has 2 aromatic rings. The Bertz CT molecular complexity index is 716. The summed E-state index contributed by atoms with van der Waals surface area (Å²) >= 11 is 0. The zero-order valence-electron chi connectivity index (χ0n) is 14.8. The second-order valence-corrected chi connectivity index (χ2v) is 5.90. The maximum Gasteiger partial charge on any atom is 0.309 e. The van der Waals surface area contributed by atoms with Gasteiger partial charge in [-0.1, -0.05) is 54.6 Å². The highest BCUT2D eigenvalue weighted by Crippen LogP contribution is 2.19. The molecule has 2 rings (SSSR count). The van der Waals surface area contributed by atoms with Gasteiger partial charge in [0, 0.05) is 13.7 Å². The average Bonchev–Trinajstić information content (AvgIpc) is 2.64. The Kier molecular flexibility index (Phi) is 6.71. The minimum Gasteiger partial charge on any atom is -0.375 e. The Morgan fingerprint density at radius 2 is 1.64 bits per heavy atom. The molecule has 0 aliphatic heterocycles. The highest BCUT2D eigenvalue weighted by molar-refractivity contribution is 6.35. The van der Waals surface area contributed by atoms with Crippen LogP contribution in [0.5, 0.6) is 0 Å². The number of carbonyl (C=O) groups is 2. The molecule has 2 N–H and O–H groups in total. The van der Waals surface area contributed by atoms with Gasteiger partial charge in [-0.3, -0.25) is 9.59 Å². The number of carbonyl (C=O) groups excluding carboxylic acids is 2. The largest absolute Gasteiger partial charge is 0.375 e. The second kappa shape index (κ2) is 8.99. The fourth-order valence-corrected chi connectivity index (χ4v) is 2.62. The quantitative estimate of drug-likeness (QED) is 0.795. The van der Waals surface area contributed by atoms with Crippen LogP contribution in [-0.4, -0.2) is 25.5 Å². The molecule has 0 aliphatic carbocycles. The van der Waals surface area contributed by atoms with Gasteiger partial charge < -0.3 is 15.4 Å². The van der Waals surface area contributed by atoms with Crippen LogP contribution in [0.2, 0.25) is 0 Å². The minimum atomic E-state index is -0.668. The summed E-state index contributed by atoms with van der Waals surface area (Å²) in [5.74, 6) is -1.32. The molecule has 0 aliphatic rings. The predicted molar refractivity (Wildman–Crippen MR) is 96.9 cm³/mol. The molecular weight excluding hydrogens is 316 g/mol. The van der Waals surface area contributed by atoms with E-state index >= 15 is 0 Å². The van der Waals surface area contributed by atoms with E-state index in [4.69, 9.17) is 4.74 Å². The lowest BCUT2D eigenvalue weighted by atomic mass is 10.0. The van der Waals surface area contributed by atoms with E-state index in [1.165, 1.54) is 0 Å². The Balaban J connectivity index is 1.90. The molecule has 5 nitrogen and oxygen atoms in total. The fraction of sp³-hybridized carbons (Fsp3) is 0.300. The molecule has 25 heavy (non-hydrogen) atoms. The molecule has 2 atom stereocenters. The molecule has 132 valence electrons. The van der Waals surface area contributed by atoms with Crippen molar-refractivity contribution < 1.29 is 14.3 Å². The molecule has 0 spiro atoms. The van der Waals surface area contributed by atoms with E-state index in [1.807, 2.05) is 68.4 Å². The first-order chi connectivity index (χ1) is 12.0. The van der Waals surface area contributed by atoms with E-state index in [1.54, 1.807) is 7.11 Å². The van der Waals surface area contributed by atoms with E-state index in [0.29, 0.717) is 0 Å². The smallest absolute Gasteiger partial charge is 0.309 e. The number of rotatable bonds is 6. The minimum absolute atomic E-state index is 0.229. The molecular formula is C20H24N2O3. The highest BCUT2D eigenvalue weighted by Gasteiger charge is 2.19. The van der Waals surface area contributed by atoms with Gasteiger partial charge in [0.2, 0.25) is 0 Å². The van der Waals surface area contributed by atoms with E-state index in [0.717, 1.165) is 16.7 Å². The van der Waals surface area contributed by atoms with Crippen LogP contribution in [0.3, 0.4) is 0 Å². The number of amides is 2. The van der Waals surface area contributed by atoms with Crippen LogP contribution in [0, 0.1) is 6.92 Å². The third-order valence-corrected chi connectivity index (χ3v) is 4.12. The summed E-state index contributed by atoms with van der Waals surface area (Å²) < 4.78 is 5.45. The third kappa shape index (κ3) is 5.16. The molecule has 5 heteroatoms. The molecule has 0 fully saturated rings. The van der Waals surface area contributed by atoms with Crippen LogP contribution in [0.15, 0.2) is 54.6 Å². The standard InChI is InChI=1S/C20H24N2O3/c1-14-9-7-8-12-17(14)18(25-3)13-21-19(23)20(24)22-15(2)16-10-5-4-6-11-16/h4-12,15,18H,13H2,1-3H3,(H,21,23)(H,22,24)/t15-,18+/m0/s1. The normalized spacial score (nSPS) is 12.9. The summed E-state index contributed by atoms with van der Waals surface area (Å²) in [6.45, 7) is 4.05. The number of methoxy groups -OCH3 is 1. The lowest BCUT2D eigenvalue weighted by Crippen LogP contribution is -2.42. The van der Waals surface area contributed by atoms with Gasteiger partial charge in [0.15, 0.2) is 0 Å². The lowest BCUT2D eigenvalue weighted by Gasteiger charge is -2.19. The van der Waals surface area contributed by atoms with Crippen LogP contribution in [0.4, 0.5) is 0 Å². The zero-order chi connectivity index (χ0) is 18.2. The number of hydrogen-bond donors (Lipinski definition) is 2. The molecule has 0 aromatic heterocycles. The molecule has 0 heterocycles. The van der Waals surface area contributed by atoms with Crippen LogP contribution >= 0.6 is 0 Å². The van der Waals surface area contributed by atoms with Gasteiger partial charge in [0.1, 0.15) is 0 Å². The van der Waals surface area contributed by atoms with Crippen LogP contribution in [0.1, 0.15) is 35.8 Å². The van der Waals surface area contributed by atoms with Gasteiger partial charge in [-0.25, -0.2) is 0 Å². The summed E-state index contributed by atoms with van der Waals surface area (Å²) in [7, 11) is 1.58. The SMILES string of the molecule is CO[C@H](CNC(=O)C(=O)N[C@@H](C)c1ccccc1)c1ccccc1C. The van der Waals surface area contributed by atoms with Crippen molar-refractivity contribution in [3.63, 3.8) is 0 Å². The topological polar surface area (TPSA) is 67.4 Å². The maximum atomic E-state index is 12.1. The first kappa shape index (κ1) is 18.7. The molecule has 2 amide bonds. The van der Waals surface area contributed by atoms with Gasteiger partial charge in [-0.05, 0) is 30.5 Å². The van der Waals surface area contributed by atoms with Crippen molar-refractivity contribution in [1.82, 2.24) is 10.6 Å². The van der Waals surface area contributed by atoms with E-state index in [9.17, 15) is 9.59 Å². The van der Waals surface area contributed by atoms with Crippen LogP contribution in [-0.2, 0) is 14.3 Å². The first-order valence-electron chi connectivity index (χ1n) is 8.25. The Labute approximate surface area is 148 Å². The molecule has 2 aromatic carbocycles. The third-order valence-electron chi connectivity index (χ3n) is 4.12. The van der Waals surface area contributed by atoms with Gasteiger partial charge in [-0.2, -0.15) is 0 Å². The number of ether oxygens (including phenoxy) is 1. The summed E-state index contributed by atoms with van der Waals surface area (Å²) in [6, 6.07) is 17.1. The average molecular weight is 340 g/mol. The number of nitrogens with one attached hydrogen (secondary N) is 2. The van der Waals surface area contributed by atoms with Crippen molar-refractivity contribution in [2.75, 3.05) is 13.7 Å². The lowest BCUT2D eigenvalue weighted by molar-refractivity contribution is -0.139. The first-order valence-corrected chi connectivity index (χ1v) is 8.25. The van der Waals surface area contributed by atoms with Crippen LogP contribution in [0.25, 0.3) is 0 Å². The monoisotopic (exact) mass is 340 g/mol. The summed E-state index contributed by atoms with van der Waals surface area (Å²) in [5.41, 5.74) is 3.01. The van der Waals surface area contributed by atoms with Crippen molar-refractivity contribution in [2.24, 2.45) is 0 Å². The zero-order valence-corrected chi connectivity index (χ0v) is 14.8. The van der Waals surface area contributed by atoms with Crippen molar-refractivity contribution >= 4 is 11.8 Å². The molecule has 0 saturated heterocycles. The van der Waals surface area contributed by atoms with E-state index in [-0.39, 0.29) is 18.7 Å². The Morgan fingerprint density at radius 1 is 1.00 bits per heavy atom. The number of hydrogen-bond acceptors (Lipinski definition) is 3. The summed E-state index contributed by atoms with van der Waals surface area (Å²) in [5, 5.41) is 5.34. The van der Waals surface area contributed by atoms with E-state index < -0.39 is 11.8 Å². The molecule has 0 unspecified atom stereocenters. The van der Waals surface area contributed by atoms with Crippen molar-refractivity contribution in [3.05, 3.63) is 71.3 Å². The molecule has 0 radical (unpaired) electrons. The Morgan fingerprint density at radius 3 is 2.28 bits per heavy atom. The van der Waals surface area contributed by atoms with Crippen molar-refractivity contribution in [2.45, 2.75) is 26.0 Å². The van der Waals surface area contributed by atoms with E-state index in [2.05, 4.69) is 10.6 Å². The van der Waals surface area contributed by atoms with Crippen LogP contribution < -0.4 is 10.6 Å². The van der Waals surface area contributed by atoms with Gasteiger partial charge in [0.25, 0.3) is 0 Å². The fourth-order valence-electron chi connectivity index (χ4n) is 2.62. The Hall–Kier alpha value is -2.66. The van der Waals surface area contributed by atoms with Crippen molar-refractivity contribution in [3.8, 4) is 0 Å². The van der Waals surface area contributed by atoms with Gasteiger partial charge >= 0.3 is 11.8 Å². The van der Waals surface area contributed by atoms with Gasteiger partial charge in [0.05, 0.1) is 12.1 Å². The summed E-state index contributed by atoms with van der Waals surface area (Å²) in [6.07, 6.45) is -0.301.